The third-order valence-electron chi connectivity index (χ3n) is 3.42. The van der Waals surface area contributed by atoms with E-state index >= 15 is 0 Å². The third kappa shape index (κ3) is 0.921. The van der Waals surface area contributed by atoms with Crippen LogP contribution in [0.5, 0.6) is 0 Å². The van der Waals surface area contributed by atoms with Crippen molar-refractivity contribution in [1.29, 1.82) is 0 Å². The van der Waals surface area contributed by atoms with Gasteiger partial charge in [0.15, 0.2) is 0 Å². The summed E-state index contributed by atoms with van der Waals surface area (Å²) in [6, 6.07) is -0.401. The summed E-state index contributed by atoms with van der Waals surface area (Å²) in [5.74, 6) is -3.56. The number of hydrogen-bond donors (Lipinski definition) is 4. The molecule has 14 heavy (non-hydrogen) atoms. The Morgan fingerprint density at radius 1 is 1.36 bits per heavy atom. The molecule has 0 aromatic rings. The maximum Gasteiger partial charge on any atom is 0.324 e. The van der Waals surface area contributed by atoms with Crippen LogP contribution in [0.4, 0.5) is 0 Å². The van der Waals surface area contributed by atoms with Crippen molar-refractivity contribution >= 4 is 11.9 Å². The summed E-state index contributed by atoms with van der Waals surface area (Å²) < 4.78 is 0. The van der Waals surface area contributed by atoms with Crippen molar-refractivity contribution in [3.05, 3.63) is 0 Å². The number of carboxylic acid groups (broad SMARTS) is 2. The molecule has 5 atom stereocenters. The van der Waals surface area contributed by atoms with E-state index in [0.29, 0.717) is 0 Å². The van der Waals surface area contributed by atoms with Gasteiger partial charge in [0.25, 0.3) is 0 Å². The summed E-state index contributed by atoms with van der Waals surface area (Å²) >= 11 is 0. The second-order valence-corrected chi connectivity index (χ2v) is 4.18. The van der Waals surface area contributed by atoms with E-state index in [-0.39, 0.29) is 12.3 Å². The molecule has 0 amide bonds. The standard InChI is InChI=1S/C8H12N2O4/c9-2-1-8(10,7(13)14)5-3(2)4(5)6(11)12/h2-5H,1,9-10H2,(H,11,12)(H,13,14)/t2-,3+,4+,5-,8+/m0/s1. The average Bonchev–Trinajstić information content (AvgIpc) is 2.72. The van der Waals surface area contributed by atoms with Crippen LogP contribution >= 0.6 is 0 Å². The summed E-state index contributed by atoms with van der Waals surface area (Å²) in [6.45, 7) is 0. The predicted octanol–water partition coefficient (Wildman–Crippen LogP) is -1.55. The second kappa shape index (κ2) is 2.46. The van der Waals surface area contributed by atoms with Gasteiger partial charge in [-0.05, 0) is 12.3 Å². The Bertz CT molecular complexity index is 318. The van der Waals surface area contributed by atoms with Crippen LogP contribution in [-0.4, -0.2) is 33.7 Å². The zero-order valence-electron chi connectivity index (χ0n) is 7.38. The molecule has 2 saturated carbocycles. The lowest BCUT2D eigenvalue weighted by atomic mass is 9.90. The molecule has 0 aromatic carbocycles. The smallest absolute Gasteiger partial charge is 0.324 e. The summed E-state index contributed by atoms with van der Waals surface area (Å²) in [5.41, 5.74) is 9.88. The monoisotopic (exact) mass is 200 g/mol. The van der Waals surface area contributed by atoms with E-state index in [2.05, 4.69) is 0 Å². The molecule has 2 aliphatic carbocycles. The van der Waals surface area contributed by atoms with E-state index in [1.165, 1.54) is 0 Å². The minimum atomic E-state index is -1.44. The Kier molecular flexibility index (Phi) is 1.65. The van der Waals surface area contributed by atoms with Gasteiger partial charge in [0, 0.05) is 12.0 Å². The molecule has 0 unspecified atom stereocenters. The van der Waals surface area contributed by atoms with Crippen LogP contribution in [0.3, 0.4) is 0 Å². The zero-order chi connectivity index (χ0) is 10.7. The first-order chi connectivity index (χ1) is 6.39. The highest BCUT2D eigenvalue weighted by Crippen LogP contribution is 2.60. The second-order valence-electron chi connectivity index (χ2n) is 4.18. The molecular formula is C8H12N2O4. The highest BCUT2D eigenvalue weighted by atomic mass is 16.4. The molecule has 2 rings (SSSR count). The third-order valence-corrected chi connectivity index (χ3v) is 3.42. The minimum absolute atomic E-state index is 0.168. The fraction of sp³-hybridized carbons (Fsp3) is 0.750. The summed E-state index contributed by atoms with van der Waals surface area (Å²) in [7, 11) is 0. The van der Waals surface area contributed by atoms with Gasteiger partial charge in [-0.25, -0.2) is 0 Å². The van der Waals surface area contributed by atoms with Crippen molar-refractivity contribution in [3.63, 3.8) is 0 Å². The molecule has 0 bridgehead atoms. The Morgan fingerprint density at radius 3 is 2.29 bits per heavy atom. The maximum absolute atomic E-state index is 10.9. The van der Waals surface area contributed by atoms with Crippen molar-refractivity contribution in [1.82, 2.24) is 0 Å². The van der Waals surface area contributed by atoms with Gasteiger partial charge >= 0.3 is 11.9 Å². The van der Waals surface area contributed by atoms with Crippen LogP contribution in [0, 0.1) is 17.8 Å². The quantitative estimate of drug-likeness (QED) is 0.427. The van der Waals surface area contributed by atoms with E-state index in [9.17, 15) is 9.59 Å². The highest BCUT2D eigenvalue weighted by Gasteiger charge is 2.73. The molecule has 0 aliphatic heterocycles. The number of rotatable bonds is 2. The topological polar surface area (TPSA) is 127 Å². The molecule has 6 nitrogen and oxygen atoms in total. The van der Waals surface area contributed by atoms with Crippen molar-refractivity contribution in [2.75, 3.05) is 0 Å². The SMILES string of the molecule is N[C@H]1C[C@](N)(C(=O)O)[C@@H]2[C@H](C(=O)O)[C@H]21. The molecule has 0 radical (unpaired) electrons. The van der Waals surface area contributed by atoms with Crippen molar-refractivity contribution in [2.45, 2.75) is 18.0 Å². The van der Waals surface area contributed by atoms with Crippen LogP contribution in [0.15, 0.2) is 0 Å². The van der Waals surface area contributed by atoms with Crippen LogP contribution < -0.4 is 11.5 Å². The number of hydrogen-bond acceptors (Lipinski definition) is 4. The molecule has 2 fully saturated rings. The summed E-state index contributed by atoms with van der Waals surface area (Å²) in [5, 5.41) is 17.7. The van der Waals surface area contributed by atoms with Gasteiger partial charge in [-0.2, -0.15) is 0 Å². The number of carboxylic acids is 2. The number of carbonyl (C=O) groups is 2. The Balaban J connectivity index is 2.26. The first-order valence-corrected chi connectivity index (χ1v) is 4.40. The van der Waals surface area contributed by atoms with Gasteiger partial charge < -0.3 is 21.7 Å². The van der Waals surface area contributed by atoms with Crippen LogP contribution in [-0.2, 0) is 9.59 Å². The number of nitrogens with two attached hydrogens (primary N) is 2. The fourth-order valence-electron chi connectivity index (χ4n) is 2.74. The van der Waals surface area contributed by atoms with Gasteiger partial charge in [0.1, 0.15) is 5.54 Å². The van der Waals surface area contributed by atoms with E-state index in [0.717, 1.165) is 0 Å². The maximum atomic E-state index is 10.9. The van der Waals surface area contributed by atoms with Crippen LogP contribution in [0.1, 0.15) is 6.42 Å². The molecule has 6 heteroatoms. The van der Waals surface area contributed by atoms with Gasteiger partial charge in [0.05, 0.1) is 5.92 Å². The minimum Gasteiger partial charge on any atom is -0.481 e. The van der Waals surface area contributed by atoms with E-state index < -0.39 is 35.4 Å². The van der Waals surface area contributed by atoms with Gasteiger partial charge in [-0.3, -0.25) is 9.59 Å². The predicted molar refractivity (Wildman–Crippen MR) is 45.3 cm³/mol. The normalized spacial score (nSPS) is 49.9. The molecule has 78 valence electrons. The Morgan fingerprint density at radius 2 is 1.93 bits per heavy atom. The van der Waals surface area contributed by atoms with Crippen molar-refractivity contribution < 1.29 is 19.8 Å². The first kappa shape index (κ1) is 9.42. The lowest BCUT2D eigenvalue weighted by molar-refractivity contribution is -0.145. The van der Waals surface area contributed by atoms with Crippen LogP contribution in [0.25, 0.3) is 0 Å². The van der Waals surface area contributed by atoms with Gasteiger partial charge in [-0.1, -0.05) is 0 Å². The van der Waals surface area contributed by atoms with Crippen molar-refractivity contribution in [2.24, 2.45) is 29.2 Å². The Hall–Kier alpha value is -1.14. The fourth-order valence-corrected chi connectivity index (χ4v) is 2.74. The lowest BCUT2D eigenvalue weighted by Crippen LogP contribution is -2.51. The first-order valence-electron chi connectivity index (χ1n) is 4.40. The molecule has 0 heterocycles. The van der Waals surface area contributed by atoms with E-state index in [4.69, 9.17) is 21.7 Å². The molecule has 0 spiro atoms. The summed E-state index contributed by atoms with van der Waals surface area (Å²) in [4.78, 5) is 21.6. The van der Waals surface area contributed by atoms with E-state index in [1.54, 1.807) is 0 Å². The summed E-state index contributed by atoms with van der Waals surface area (Å²) in [6.07, 6.45) is 0.168. The largest absolute Gasteiger partial charge is 0.481 e. The van der Waals surface area contributed by atoms with Crippen LogP contribution in [0.2, 0.25) is 0 Å². The Labute approximate surface area is 79.9 Å². The van der Waals surface area contributed by atoms with Gasteiger partial charge in [0.2, 0.25) is 0 Å². The molecule has 0 saturated heterocycles. The molecule has 6 N–H and O–H groups in total. The zero-order valence-corrected chi connectivity index (χ0v) is 7.38. The number of fused-ring (bicyclic) bond motifs is 1. The number of aliphatic carboxylic acids is 2. The average molecular weight is 200 g/mol. The van der Waals surface area contributed by atoms with Crippen molar-refractivity contribution in [3.8, 4) is 0 Å². The van der Waals surface area contributed by atoms with E-state index in [1.807, 2.05) is 0 Å². The molecule has 2 aliphatic rings. The highest BCUT2D eigenvalue weighted by molar-refractivity contribution is 5.85. The van der Waals surface area contributed by atoms with Gasteiger partial charge in [-0.15, -0.1) is 0 Å². The molecule has 0 aromatic heterocycles. The lowest BCUT2D eigenvalue weighted by Gasteiger charge is -2.22. The molecular weight excluding hydrogens is 188 g/mol.